The van der Waals surface area contributed by atoms with Crippen molar-refractivity contribution in [2.45, 2.75) is 45.1 Å². The van der Waals surface area contributed by atoms with Gasteiger partial charge in [-0.1, -0.05) is 18.0 Å². The zero-order valence-corrected chi connectivity index (χ0v) is 10.8. The number of hydrogen-bond donors (Lipinski definition) is 1. The van der Waals surface area contributed by atoms with Gasteiger partial charge in [0.25, 0.3) is 5.89 Å². The van der Waals surface area contributed by atoms with Gasteiger partial charge in [-0.3, -0.25) is 0 Å². The Hall–Kier alpha value is -0.940. The van der Waals surface area contributed by atoms with E-state index in [0.717, 1.165) is 25.7 Å². The number of nitrogens with two attached hydrogens (primary N) is 1. The van der Waals surface area contributed by atoms with Gasteiger partial charge in [-0.05, 0) is 32.3 Å². The Morgan fingerprint density at radius 3 is 2.47 bits per heavy atom. The van der Waals surface area contributed by atoms with Crippen LogP contribution in [0.4, 0.5) is 4.39 Å². The lowest BCUT2D eigenvalue weighted by Crippen LogP contribution is -2.34. The summed E-state index contributed by atoms with van der Waals surface area (Å²) < 4.78 is 18.4. The van der Waals surface area contributed by atoms with Crippen molar-refractivity contribution in [2.75, 3.05) is 0 Å². The molecule has 0 spiro atoms. The second kappa shape index (κ2) is 5.14. The molecular weight excluding hydrogens is 245 g/mol. The van der Waals surface area contributed by atoms with Gasteiger partial charge in [0, 0.05) is 0 Å². The Labute approximate surface area is 106 Å². The summed E-state index contributed by atoms with van der Waals surface area (Å²) in [6.07, 6.45) is 3.79. The molecule has 1 heterocycles. The van der Waals surface area contributed by atoms with E-state index in [4.69, 9.17) is 10.3 Å². The van der Waals surface area contributed by atoms with Crippen LogP contribution in [0.2, 0.25) is 0 Å². The molecule has 0 amide bonds. The predicted octanol–water partition coefficient (Wildman–Crippen LogP) is 2.94. The first kappa shape index (κ1) is 14.1. The Morgan fingerprint density at radius 1 is 1.35 bits per heavy atom. The van der Waals surface area contributed by atoms with E-state index in [1.165, 1.54) is 0 Å². The molecule has 17 heavy (non-hydrogen) atoms. The summed E-state index contributed by atoms with van der Waals surface area (Å²) in [6.45, 7) is 3.32. The lowest BCUT2D eigenvalue weighted by molar-refractivity contribution is 0.358. The number of hydrogen-bond acceptors (Lipinski definition) is 4. The van der Waals surface area contributed by atoms with Gasteiger partial charge < -0.3 is 10.3 Å². The van der Waals surface area contributed by atoms with E-state index in [2.05, 4.69) is 10.1 Å². The highest BCUT2D eigenvalue weighted by Crippen LogP contribution is 2.35. The van der Waals surface area contributed by atoms with E-state index >= 15 is 0 Å². The standard InChI is InChI=1S/C11H16FN3O.ClH/c1-7(2)8(12)9-14-10(15-16-9)11(13)5-3-4-6-11;/h3-6,13H2,1-2H3;1H. The first-order chi connectivity index (χ1) is 7.53. The maximum Gasteiger partial charge on any atom is 0.286 e. The number of nitrogens with zero attached hydrogens (tertiary/aromatic N) is 2. The van der Waals surface area contributed by atoms with E-state index in [-0.39, 0.29) is 18.3 Å². The van der Waals surface area contributed by atoms with Gasteiger partial charge in [0.15, 0.2) is 11.7 Å². The first-order valence-electron chi connectivity index (χ1n) is 5.49. The average molecular weight is 262 g/mol. The molecule has 0 saturated heterocycles. The molecule has 1 aliphatic carbocycles. The third-order valence-corrected chi connectivity index (χ3v) is 2.99. The molecular formula is C11H17ClFN3O. The minimum absolute atomic E-state index is 0. The maximum atomic E-state index is 13.5. The van der Waals surface area contributed by atoms with E-state index in [9.17, 15) is 4.39 Å². The summed E-state index contributed by atoms with van der Waals surface area (Å²) in [4.78, 5) is 4.05. The summed E-state index contributed by atoms with van der Waals surface area (Å²) >= 11 is 0. The Bertz CT molecular complexity index is 420. The molecule has 1 saturated carbocycles. The minimum atomic E-state index is -0.524. The summed E-state index contributed by atoms with van der Waals surface area (Å²) in [7, 11) is 0. The lowest BCUT2D eigenvalue weighted by atomic mass is 9.99. The average Bonchev–Trinajstić information content (AvgIpc) is 2.85. The quantitative estimate of drug-likeness (QED) is 0.889. The van der Waals surface area contributed by atoms with Crippen LogP contribution in [0.5, 0.6) is 0 Å². The Morgan fingerprint density at radius 2 is 1.94 bits per heavy atom. The van der Waals surface area contributed by atoms with Crippen molar-refractivity contribution in [3.05, 3.63) is 17.3 Å². The topological polar surface area (TPSA) is 64.9 Å². The van der Waals surface area contributed by atoms with Crippen LogP contribution in [0.15, 0.2) is 10.1 Å². The van der Waals surface area contributed by atoms with Crippen LogP contribution in [0.3, 0.4) is 0 Å². The van der Waals surface area contributed by atoms with Crippen molar-refractivity contribution in [3.63, 3.8) is 0 Å². The highest BCUT2D eigenvalue weighted by Gasteiger charge is 2.36. The van der Waals surface area contributed by atoms with Crippen LogP contribution >= 0.6 is 12.4 Å². The number of aromatic nitrogens is 2. The second-order valence-corrected chi connectivity index (χ2v) is 4.60. The fourth-order valence-electron chi connectivity index (χ4n) is 1.96. The molecule has 0 aromatic carbocycles. The van der Waals surface area contributed by atoms with Crippen LogP contribution in [-0.4, -0.2) is 10.1 Å². The lowest BCUT2D eigenvalue weighted by Gasteiger charge is -2.17. The van der Waals surface area contributed by atoms with Crippen molar-refractivity contribution in [1.29, 1.82) is 0 Å². The smallest absolute Gasteiger partial charge is 0.286 e. The molecule has 96 valence electrons. The van der Waals surface area contributed by atoms with Gasteiger partial charge in [0.2, 0.25) is 0 Å². The summed E-state index contributed by atoms with van der Waals surface area (Å²) in [5.74, 6) is -0.0940. The molecule has 1 fully saturated rings. The van der Waals surface area contributed by atoms with Crippen LogP contribution in [0.25, 0.3) is 5.83 Å². The second-order valence-electron chi connectivity index (χ2n) is 4.60. The van der Waals surface area contributed by atoms with E-state index in [1.807, 2.05) is 0 Å². The molecule has 0 bridgehead atoms. The Balaban J connectivity index is 0.00000144. The molecule has 2 rings (SSSR count). The summed E-state index contributed by atoms with van der Waals surface area (Å²) in [6, 6.07) is 0. The van der Waals surface area contributed by atoms with Gasteiger partial charge in [0.1, 0.15) is 0 Å². The first-order valence-corrected chi connectivity index (χ1v) is 5.49. The highest BCUT2D eigenvalue weighted by atomic mass is 35.5. The van der Waals surface area contributed by atoms with Gasteiger partial charge in [-0.2, -0.15) is 4.98 Å². The predicted molar refractivity (Wildman–Crippen MR) is 65.3 cm³/mol. The third-order valence-electron chi connectivity index (χ3n) is 2.99. The van der Waals surface area contributed by atoms with Crippen molar-refractivity contribution < 1.29 is 8.91 Å². The highest BCUT2D eigenvalue weighted by molar-refractivity contribution is 5.85. The third kappa shape index (κ3) is 2.66. The number of halogens is 2. The minimum Gasteiger partial charge on any atom is -0.331 e. The molecule has 0 aliphatic heterocycles. The van der Waals surface area contributed by atoms with Gasteiger partial charge in [-0.15, -0.1) is 12.4 Å². The molecule has 0 radical (unpaired) electrons. The van der Waals surface area contributed by atoms with Crippen LogP contribution in [0, 0.1) is 0 Å². The van der Waals surface area contributed by atoms with E-state index in [0.29, 0.717) is 11.4 Å². The number of allylic oxidation sites excluding steroid dienone is 1. The van der Waals surface area contributed by atoms with Gasteiger partial charge in [0.05, 0.1) is 5.54 Å². The zero-order chi connectivity index (χ0) is 11.8. The number of rotatable bonds is 2. The fourth-order valence-corrected chi connectivity index (χ4v) is 1.96. The largest absolute Gasteiger partial charge is 0.331 e. The SMILES string of the molecule is CC(C)=C(F)c1nc(C2(N)CCCC2)no1.Cl. The van der Waals surface area contributed by atoms with E-state index in [1.54, 1.807) is 13.8 Å². The molecule has 1 aliphatic rings. The summed E-state index contributed by atoms with van der Waals surface area (Å²) in [5, 5.41) is 3.79. The zero-order valence-electron chi connectivity index (χ0n) is 9.99. The van der Waals surface area contributed by atoms with Crippen LogP contribution in [-0.2, 0) is 5.54 Å². The molecule has 4 nitrogen and oxygen atoms in total. The molecule has 2 N–H and O–H groups in total. The van der Waals surface area contributed by atoms with Gasteiger partial charge in [-0.25, -0.2) is 4.39 Å². The van der Waals surface area contributed by atoms with E-state index < -0.39 is 11.4 Å². The molecule has 1 aromatic rings. The fraction of sp³-hybridized carbons (Fsp3) is 0.636. The van der Waals surface area contributed by atoms with Crippen molar-refractivity contribution in [3.8, 4) is 0 Å². The monoisotopic (exact) mass is 261 g/mol. The van der Waals surface area contributed by atoms with Crippen molar-refractivity contribution in [1.82, 2.24) is 10.1 Å². The van der Waals surface area contributed by atoms with Gasteiger partial charge >= 0.3 is 0 Å². The molecule has 0 atom stereocenters. The normalized spacial score (nSPS) is 17.6. The van der Waals surface area contributed by atoms with Crippen molar-refractivity contribution >= 4 is 18.2 Å². The summed E-state index contributed by atoms with van der Waals surface area (Å²) in [5.41, 5.74) is 6.14. The Kier molecular flexibility index (Phi) is 4.27. The van der Waals surface area contributed by atoms with Crippen LogP contribution < -0.4 is 5.73 Å². The van der Waals surface area contributed by atoms with Crippen molar-refractivity contribution in [2.24, 2.45) is 5.73 Å². The maximum absolute atomic E-state index is 13.5. The van der Waals surface area contributed by atoms with Crippen LogP contribution in [0.1, 0.15) is 51.2 Å². The molecule has 1 aromatic heterocycles. The molecule has 6 heteroatoms. The molecule has 0 unspecified atom stereocenters.